The Morgan fingerprint density at radius 3 is 2.12 bits per heavy atom. The highest BCUT2D eigenvalue weighted by atomic mass is 28.4. The van der Waals surface area contributed by atoms with E-state index in [1.54, 1.807) is 0 Å². The Labute approximate surface area is 151 Å². The van der Waals surface area contributed by atoms with E-state index in [9.17, 15) is 5.11 Å². The van der Waals surface area contributed by atoms with Crippen molar-refractivity contribution >= 4 is 16.6 Å². The van der Waals surface area contributed by atoms with Crippen LogP contribution in [0.4, 0.5) is 0 Å². The molecule has 0 atom stereocenters. The average Bonchev–Trinajstić information content (AvgIpc) is 2.45. The van der Waals surface area contributed by atoms with Crippen LogP contribution in [0.2, 0.25) is 38.3 Å². The first-order valence-corrected chi connectivity index (χ1v) is 15.8. The molecular weight excluding hydrogens is 328 g/mol. The highest BCUT2D eigenvalue weighted by molar-refractivity contribution is 6.84. The van der Waals surface area contributed by atoms with Crippen molar-refractivity contribution in [3.05, 3.63) is 29.3 Å². The first-order valence-electron chi connectivity index (χ1n) is 9.58. The molecule has 1 rings (SSSR count). The van der Waals surface area contributed by atoms with Crippen LogP contribution in [0.5, 0.6) is 5.75 Å². The average molecular weight is 367 g/mol. The molecule has 0 radical (unpaired) electrons. The van der Waals surface area contributed by atoms with E-state index < -0.39 is 16.6 Å². The van der Waals surface area contributed by atoms with Gasteiger partial charge in [0.1, 0.15) is 5.75 Å². The van der Waals surface area contributed by atoms with E-state index >= 15 is 0 Å². The van der Waals surface area contributed by atoms with Crippen LogP contribution in [0.3, 0.4) is 0 Å². The number of rotatable bonds is 10. The smallest absolute Gasteiger partial charge is 0.173 e. The molecule has 0 fully saturated rings. The molecule has 24 heavy (non-hydrogen) atoms. The lowest BCUT2D eigenvalue weighted by atomic mass is 9.98. The second-order valence-electron chi connectivity index (χ2n) is 8.62. The Hall–Kier alpha value is -0.586. The minimum atomic E-state index is -1.62. The van der Waals surface area contributed by atoms with Gasteiger partial charge in [0.05, 0.1) is 0 Å². The second-order valence-corrected chi connectivity index (χ2v) is 17.5. The molecule has 2 nitrogen and oxygen atoms in total. The Morgan fingerprint density at radius 1 is 1.00 bits per heavy atom. The van der Waals surface area contributed by atoms with Crippen LogP contribution in [0, 0.1) is 0 Å². The molecule has 4 heteroatoms. The summed E-state index contributed by atoms with van der Waals surface area (Å²) >= 11 is 0. The summed E-state index contributed by atoms with van der Waals surface area (Å²) in [5.41, 5.74) is 2.40. The lowest BCUT2D eigenvalue weighted by Crippen LogP contribution is -2.44. The molecule has 0 amide bonds. The fourth-order valence-corrected chi connectivity index (χ4v) is 12.4. The van der Waals surface area contributed by atoms with Crippen molar-refractivity contribution in [2.45, 2.75) is 90.6 Å². The van der Waals surface area contributed by atoms with Crippen molar-refractivity contribution in [1.29, 1.82) is 0 Å². The zero-order chi connectivity index (χ0) is 18.4. The molecule has 0 unspecified atom stereocenters. The van der Waals surface area contributed by atoms with Gasteiger partial charge in [-0.2, -0.15) is 0 Å². The Morgan fingerprint density at radius 2 is 1.58 bits per heavy atom. The lowest BCUT2D eigenvalue weighted by molar-refractivity contribution is 0.466. The van der Waals surface area contributed by atoms with Gasteiger partial charge in [0, 0.05) is 0 Å². The third kappa shape index (κ3) is 7.53. The van der Waals surface area contributed by atoms with Gasteiger partial charge in [0.15, 0.2) is 16.6 Å². The summed E-state index contributed by atoms with van der Waals surface area (Å²) in [5.74, 6) is 0.946. The van der Waals surface area contributed by atoms with Crippen molar-refractivity contribution in [2.24, 2.45) is 0 Å². The number of phenolic OH excluding ortho intramolecular Hbond substituents is 1. The lowest BCUT2D eigenvalue weighted by Gasteiger charge is -2.34. The summed E-state index contributed by atoms with van der Waals surface area (Å²) in [7, 11) is -3.13. The molecule has 0 aliphatic rings. The maximum absolute atomic E-state index is 10.1. The summed E-state index contributed by atoms with van der Waals surface area (Å²) in [6.45, 7) is 16.1. The second kappa shape index (κ2) is 9.21. The Kier molecular flexibility index (Phi) is 8.23. The zero-order valence-electron chi connectivity index (χ0n) is 16.9. The van der Waals surface area contributed by atoms with E-state index in [0.29, 0.717) is 11.7 Å². The van der Waals surface area contributed by atoms with E-state index in [2.05, 4.69) is 53.0 Å². The van der Waals surface area contributed by atoms with Crippen LogP contribution < -0.4 is 0 Å². The van der Waals surface area contributed by atoms with E-state index in [-0.39, 0.29) is 0 Å². The van der Waals surface area contributed by atoms with Gasteiger partial charge in [0.25, 0.3) is 0 Å². The fraction of sp³-hybridized carbons (Fsp3) is 0.700. The maximum atomic E-state index is 10.1. The van der Waals surface area contributed by atoms with Crippen LogP contribution in [0.1, 0.15) is 57.1 Å². The Bertz CT molecular complexity index is 510. The number of benzene rings is 1. The predicted octanol–water partition coefficient (Wildman–Crippen LogP) is 6.68. The van der Waals surface area contributed by atoms with Gasteiger partial charge in [-0.3, -0.25) is 0 Å². The molecule has 138 valence electrons. The molecule has 1 N–H and O–H groups in total. The molecule has 0 aliphatic heterocycles. The Balaban J connectivity index is 2.58. The van der Waals surface area contributed by atoms with Gasteiger partial charge >= 0.3 is 0 Å². The predicted molar refractivity (Wildman–Crippen MR) is 111 cm³/mol. The highest BCUT2D eigenvalue weighted by Gasteiger charge is 2.32. The van der Waals surface area contributed by atoms with Gasteiger partial charge in [-0.1, -0.05) is 45.7 Å². The molecule has 0 bridgehead atoms. The third-order valence-electron chi connectivity index (χ3n) is 4.68. The van der Waals surface area contributed by atoms with Crippen LogP contribution in [0.15, 0.2) is 18.2 Å². The topological polar surface area (TPSA) is 29.5 Å². The van der Waals surface area contributed by atoms with E-state index in [4.69, 9.17) is 4.12 Å². The van der Waals surface area contributed by atoms with Crippen LogP contribution in [0.25, 0.3) is 0 Å². The summed E-state index contributed by atoms with van der Waals surface area (Å²) in [4.78, 5) is 0. The summed E-state index contributed by atoms with van der Waals surface area (Å²) in [6.07, 6.45) is 4.60. The minimum absolute atomic E-state index is 0.442. The van der Waals surface area contributed by atoms with Crippen LogP contribution >= 0.6 is 0 Å². The minimum Gasteiger partial charge on any atom is -0.508 e. The van der Waals surface area contributed by atoms with Gasteiger partial charge in [-0.15, -0.1) is 0 Å². The SMILES string of the molecule is CCCC[Si](C)(C)O[Si](C)(C)CCCc1cc(C(C)C)ccc1O. The number of hydrogen-bond acceptors (Lipinski definition) is 2. The van der Waals surface area contributed by atoms with Crippen molar-refractivity contribution in [3.63, 3.8) is 0 Å². The van der Waals surface area contributed by atoms with Gasteiger partial charge in [-0.25, -0.2) is 0 Å². The third-order valence-corrected chi connectivity index (χ3v) is 12.2. The number of phenols is 1. The first-order chi connectivity index (χ1) is 11.1. The van der Waals surface area contributed by atoms with E-state index in [1.165, 1.54) is 30.5 Å². The maximum Gasteiger partial charge on any atom is 0.173 e. The van der Waals surface area contributed by atoms with Crippen LogP contribution in [-0.2, 0) is 10.5 Å². The van der Waals surface area contributed by atoms with Gasteiger partial charge in [0.2, 0.25) is 0 Å². The summed E-state index contributed by atoms with van der Waals surface area (Å²) < 4.78 is 6.67. The summed E-state index contributed by atoms with van der Waals surface area (Å²) in [5, 5.41) is 10.1. The molecule has 1 aromatic carbocycles. The zero-order valence-corrected chi connectivity index (χ0v) is 18.9. The molecule has 0 aromatic heterocycles. The number of hydrogen-bond donors (Lipinski definition) is 1. The monoisotopic (exact) mass is 366 g/mol. The van der Waals surface area contributed by atoms with Crippen molar-refractivity contribution in [2.75, 3.05) is 0 Å². The number of aryl methyl sites for hydroxylation is 1. The highest BCUT2D eigenvalue weighted by Crippen LogP contribution is 2.28. The molecule has 0 heterocycles. The molecule has 0 saturated heterocycles. The molecular formula is C20H38O2Si2. The van der Waals surface area contributed by atoms with E-state index in [1.807, 2.05) is 12.1 Å². The van der Waals surface area contributed by atoms with Crippen LogP contribution in [-0.4, -0.2) is 21.7 Å². The largest absolute Gasteiger partial charge is 0.508 e. The van der Waals surface area contributed by atoms with Gasteiger partial charge < -0.3 is 9.22 Å². The van der Waals surface area contributed by atoms with Crippen molar-refractivity contribution in [1.82, 2.24) is 0 Å². The van der Waals surface area contributed by atoms with Crippen molar-refractivity contribution in [3.8, 4) is 5.75 Å². The van der Waals surface area contributed by atoms with Crippen molar-refractivity contribution < 1.29 is 9.22 Å². The van der Waals surface area contributed by atoms with Gasteiger partial charge in [-0.05, 0) is 74.2 Å². The molecule has 1 aromatic rings. The quantitative estimate of drug-likeness (QED) is 0.468. The number of aromatic hydroxyl groups is 1. The molecule has 0 saturated carbocycles. The normalized spacial score (nSPS) is 12.8. The first kappa shape index (κ1) is 21.5. The standard InChI is InChI=1S/C20H38O2Si2/c1-8-9-14-23(4,5)22-24(6,7)15-10-11-19-16-18(17(2)3)12-13-20(19)21/h12-13,16-17,21H,8-11,14-15H2,1-7H3. The van der Waals surface area contributed by atoms with E-state index in [0.717, 1.165) is 18.4 Å². The fourth-order valence-electron chi connectivity index (χ4n) is 3.32. The summed E-state index contributed by atoms with van der Waals surface area (Å²) in [6, 6.07) is 8.51. The number of unbranched alkanes of at least 4 members (excludes halogenated alkanes) is 1. The molecule has 0 aliphatic carbocycles. The molecule has 0 spiro atoms.